The number of carbonyl (C=O) groups is 1. The number of likely N-dealkylation sites (tertiary alicyclic amines) is 1. The number of para-hydroxylation sites is 1. The molecule has 3 heterocycles. The molecule has 0 N–H and O–H groups in total. The number of amides is 1. The quantitative estimate of drug-likeness (QED) is 0.716. The van der Waals surface area contributed by atoms with E-state index in [2.05, 4.69) is 4.98 Å². The maximum atomic E-state index is 13.8. The number of halogens is 1. The summed E-state index contributed by atoms with van der Waals surface area (Å²) in [5.74, 6) is -0.527. The van der Waals surface area contributed by atoms with Crippen LogP contribution in [-0.4, -0.2) is 22.3 Å². The number of pyridine rings is 1. The fourth-order valence-corrected chi connectivity index (χ4v) is 3.66. The molecule has 0 bridgehead atoms. The number of thiophene rings is 1. The Balaban J connectivity index is 1.67. The van der Waals surface area contributed by atoms with Gasteiger partial charge in [-0.05, 0) is 30.0 Å². The van der Waals surface area contributed by atoms with E-state index in [1.165, 1.54) is 10.9 Å². The zero-order chi connectivity index (χ0) is 15.1. The van der Waals surface area contributed by atoms with Gasteiger partial charge in [-0.3, -0.25) is 4.79 Å². The van der Waals surface area contributed by atoms with Crippen LogP contribution >= 0.6 is 11.3 Å². The van der Waals surface area contributed by atoms with E-state index >= 15 is 0 Å². The van der Waals surface area contributed by atoms with Crippen LogP contribution in [0.2, 0.25) is 0 Å². The average Bonchev–Trinajstić information content (AvgIpc) is 3.00. The van der Waals surface area contributed by atoms with Gasteiger partial charge in [0.05, 0.1) is 6.04 Å². The van der Waals surface area contributed by atoms with Gasteiger partial charge in [-0.25, -0.2) is 9.37 Å². The lowest BCUT2D eigenvalue weighted by Gasteiger charge is -2.40. The lowest BCUT2D eigenvalue weighted by molar-refractivity contribution is 0.0462. The molecule has 4 rings (SSSR count). The van der Waals surface area contributed by atoms with E-state index in [1.54, 1.807) is 40.5 Å². The molecule has 0 radical (unpaired) electrons. The van der Waals surface area contributed by atoms with Crippen molar-refractivity contribution in [2.24, 2.45) is 0 Å². The van der Waals surface area contributed by atoms with Crippen LogP contribution in [0.1, 0.15) is 27.8 Å². The van der Waals surface area contributed by atoms with Gasteiger partial charge in [-0.2, -0.15) is 0 Å². The smallest absolute Gasteiger partial charge is 0.273 e. The summed E-state index contributed by atoms with van der Waals surface area (Å²) in [6.45, 7) is 0.721. The number of hydrogen-bond acceptors (Lipinski definition) is 3. The predicted molar refractivity (Wildman–Crippen MR) is 84.4 cm³/mol. The molecule has 2 aromatic heterocycles. The van der Waals surface area contributed by atoms with E-state index in [-0.39, 0.29) is 17.5 Å². The number of nitrogens with zero attached hydrogens (tertiary/aromatic N) is 2. The molecule has 22 heavy (non-hydrogen) atoms. The molecule has 1 unspecified atom stereocenters. The van der Waals surface area contributed by atoms with Crippen LogP contribution in [0.4, 0.5) is 4.39 Å². The molecule has 5 heteroatoms. The van der Waals surface area contributed by atoms with Crippen molar-refractivity contribution in [3.05, 3.63) is 64.2 Å². The lowest BCUT2D eigenvalue weighted by atomic mass is 10.0. The van der Waals surface area contributed by atoms with Crippen LogP contribution in [-0.2, 0) is 0 Å². The molecule has 0 aliphatic carbocycles. The molecular formula is C17H13FN2OS. The summed E-state index contributed by atoms with van der Waals surface area (Å²) < 4.78 is 13.8. The zero-order valence-corrected chi connectivity index (χ0v) is 12.5. The lowest BCUT2D eigenvalue weighted by Crippen LogP contribution is -2.45. The SMILES string of the molecule is O=C(c1ccc2cccc(F)c2n1)N1CCC1c1cccs1. The van der Waals surface area contributed by atoms with Crippen LogP contribution in [0.5, 0.6) is 0 Å². The van der Waals surface area contributed by atoms with Gasteiger partial charge in [0.2, 0.25) is 0 Å². The monoisotopic (exact) mass is 312 g/mol. The minimum atomic E-state index is -0.398. The second-order valence-corrected chi connectivity index (χ2v) is 6.31. The maximum absolute atomic E-state index is 13.8. The molecule has 1 atom stereocenters. The fourth-order valence-electron chi connectivity index (χ4n) is 2.78. The molecule has 1 amide bonds. The van der Waals surface area contributed by atoms with E-state index < -0.39 is 5.82 Å². The third-order valence-electron chi connectivity index (χ3n) is 4.04. The number of hydrogen-bond donors (Lipinski definition) is 0. The molecule has 110 valence electrons. The van der Waals surface area contributed by atoms with Crippen molar-refractivity contribution in [3.63, 3.8) is 0 Å². The number of benzene rings is 1. The normalized spacial score (nSPS) is 17.5. The Kier molecular flexibility index (Phi) is 3.15. The van der Waals surface area contributed by atoms with Crippen molar-refractivity contribution in [1.29, 1.82) is 0 Å². The van der Waals surface area contributed by atoms with Gasteiger partial charge in [-0.1, -0.05) is 24.3 Å². The van der Waals surface area contributed by atoms with E-state index in [4.69, 9.17) is 0 Å². The van der Waals surface area contributed by atoms with Crippen LogP contribution in [0.3, 0.4) is 0 Å². The van der Waals surface area contributed by atoms with E-state index in [0.717, 1.165) is 13.0 Å². The second kappa shape index (κ2) is 5.18. The summed E-state index contributed by atoms with van der Waals surface area (Å²) in [7, 11) is 0. The summed E-state index contributed by atoms with van der Waals surface area (Å²) in [5, 5.41) is 2.72. The summed E-state index contributed by atoms with van der Waals surface area (Å²) in [6.07, 6.45) is 0.966. The standard InChI is InChI=1S/C17H13FN2OS/c18-12-4-1-3-11-6-7-13(19-16(11)12)17(21)20-9-8-14(20)15-5-2-10-22-15/h1-7,10,14H,8-9H2. The topological polar surface area (TPSA) is 33.2 Å². The molecule has 3 nitrogen and oxygen atoms in total. The van der Waals surface area contributed by atoms with Gasteiger partial charge >= 0.3 is 0 Å². The predicted octanol–water partition coefficient (Wildman–Crippen LogP) is 4.02. The van der Waals surface area contributed by atoms with Gasteiger partial charge in [0.1, 0.15) is 17.0 Å². The third kappa shape index (κ3) is 2.09. The summed E-state index contributed by atoms with van der Waals surface area (Å²) in [5.41, 5.74) is 0.556. The highest BCUT2D eigenvalue weighted by atomic mass is 32.1. The molecule has 3 aromatic rings. The second-order valence-electron chi connectivity index (χ2n) is 5.33. The summed E-state index contributed by atoms with van der Waals surface area (Å²) in [4.78, 5) is 19.9. The molecule has 0 spiro atoms. The summed E-state index contributed by atoms with van der Waals surface area (Å²) >= 11 is 1.65. The molecule has 0 saturated carbocycles. The Labute approximate surface area is 131 Å². The highest BCUT2D eigenvalue weighted by Crippen LogP contribution is 2.36. The van der Waals surface area contributed by atoms with Crippen LogP contribution in [0.15, 0.2) is 47.8 Å². The van der Waals surface area contributed by atoms with Crippen molar-refractivity contribution >= 4 is 28.1 Å². The Morgan fingerprint density at radius 1 is 1.23 bits per heavy atom. The summed E-state index contributed by atoms with van der Waals surface area (Å²) in [6, 6.07) is 12.4. The number of rotatable bonds is 2. The minimum Gasteiger partial charge on any atom is -0.329 e. The Morgan fingerprint density at radius 3 is 2.86 bits per heavy atom. The molecule has 1 saturated heterocycles. The maximum Gasteiger partial charge on any atom is 0.273 e. The number of fused-ring (bicyclic) bond motifs is 1. The molecule has 1 aliphatic heterocycles. The van der Waals surface area contributed by atoms with Crippen molar-refractivity contribution in [3.8, 4) is 0 Å². The van der Waals surface area contributed by atoms with Crippen molar-refractivity contribution in [2.45, 2.75) is 12.5 Å². The van der Waals surface area contributed by atoms with E-state index in [0.29, 0.717) is 11.1 Å². The zero-order valence-electron chi connectivity index (χ0n) is 11.7. The largest absolute Gasteiger partial charge is 0.329 e. The van der Waals surface area contributed by atoms with Gasteiger partial charge in [0.15, 0.2) is 0 Å². The first kappa shape index (κ1) is 13.4. The van der Waals surface area contributed by atoms with Gasteiger partial charge in [-0.15, -0.1) is 11.3 Å². The van der Waals surface area contributed by atoms with Crippen LogP contribution in [0, 0.1) is 5.82 Å². The number of carbonyl (C=O) groups excluding carboxylic acids is 1. The van der Waals surface area contributed by atoms with Crippen LogP contribution in [0.25, 0.3) is 10.9 Å². The van der Waals surface area contributed by atoms with Crippen LogP contribution < -0.4 is 0 Å². The fraction of sp³-hybridized carbons (Fsp3) is 0.176. The Bertz CT molecular complexity index is 847. The molecular weight excluding hydrogens is 299 g/mol. The first-order chi connectivity index (χ1) is 10.7. The highest BCUT2D eigenvalue weighted by Gasteiger charge is 2.35. The number of aromatic nitrogens is 1. The Morgan fingerprint density at radius 2 is 2.14 bits per heavy atom. The Hall–Kier alpha value is -2.27. The third-order valence-corrected chi connectivity index (χ3v) is 5.02. The molecule has 1 aliphatic rings. The van der Waals surface area contributed by atoms with Gasteiger partial charge < -0.3 is 4.90 Å². The molecule has 1 fully saturated rings. The van der Waals surface area contributed by atoms with Crippen molar-refractivity contribution in [2.75, 3.05) is 6.54 Å². The van der Waals surface area contributed by atoms with E-state index in [1.807, 2.05) is 17.5 Å². The van der Waals surface area contributed by atoms with Crippen molar-refractivity contribution in [1.82, 2.24) is 9.88 Å². The minimum absolute atomic E-state index is 0.130. The van der Waals surface area contributed by atoms with Gasteiger partial charge in [0.25, 0.3) is 5.91 Å². The van der Waals surface area contributed by atoms with Gasteiger partial charge in [0, 0.05) is 16.8 Å². The molecule has 1 aromatic carbocycles. The van der Waals surface area contributed by atoms with E-state index in [9.17, 15) is 9.18 Å². The first-order valence-electron chi connectivity index (χ1n) is 7.14. The highest BCUT2D eigenvalue weighted by molar-refractivity contribution is 7.10. The average molecular weight is 312 g/mol. The first-order valence-corrected chi connectivity index (χ1v) is 8.01. The van der Waals surface area contributed by atoms with Crippen molar-refractivity contribution < 1.29 is 9.18 Å².